The van der Waals surface area contributed by atoms with Gasteiger partial charge in [-0.25, -0.2) is 0 Å². The van der Waals surface area contributed by atoms with Gasteiger partial charge < -0.3 is 10.1 Å². The van der Waals surface area contributed by atoms with Crippen LogP contribution in [-0.2, 0) is 0 Å². The maximum absolute atomic E-state index is 5.18. The second-order valence-corrected chi connectivity index (χ2v) is 4.61. The van der Waals surface area contributed by atoms with E-state index in [0.29, 0.717) is 5.11 Å². The summed E-state index contributed by atoms with van der Waals surface area (Å²) in [5, 5.41) is 7.65. The molecule has 6 heteroatoms. The standard InChI is InChI=1S/C15H16N4OS/c1-11(14-5-3-4-10-16-14)18-19-15(21)17-12-6-8-13(20-2)9-7-12/h3-10H,1-2H3,(H2,17,19,21)/b18-11+. The maximum atomic E-state index is 5.18. The molecule has 108 valence electrons. The van der Waals surface area contributed by atoms with E-state index < -0.39 is 0 Å². The van der Waals surface area contributed by atoms with Crippen molar-refractivity contribution >= 4 is 28.7 Å². The first-order valence-electron chi connectivity index (χ1n) is 6.36. The molecule has 2 N–H and O–H groups in total. The third-order valence-corrected chi connectivity index (χ3v) is 2.90. The number of rotatable bonds is 4. The Morgan fingerprint density at radius 1 is 1.19 bits per heavy atom. The van der Waals surface area contributed by atoms with Crippen LogP contribution in [0.4, 0.5) is 5.69 Å². The average molecular weight is 300 g/mol. The lowest BCUT2D eigenvalue weighted by Gasteiger charge is -2.08. The number of hydrazone groups is 1. The minimum atomic E-state index is 0.412. The Hall–Kier alpha value is -2.47. The third-order valence-electron chi connectivity index (χ3n) is 2.71. The van der Waals surface area contributed by atoms with Crippen molar-refractivity contribution in [3.8, 4) is 5.75 Å². The van der Waals surface area contributed by atoms with Gasteiger partial charge in [0, 0.05) is 11.9 Å². The van der Waals surface area contributed by atoms with Crippen LogP contribution in [0.5, 0.6) is 5.75 Å². The molecule has 0 aliphatic heterocycles. The highest BCUT2D eigenvalue weighted by Gasteiger charge is 2.00. The normalized spacial score (nSPS) is 10.9. The lowest BCUT2D eigenvalue weighted by atomic mass is 10.3. The predicted molar refractivity (Wildman–Crippen MR) is 88.8 cm³/mol. The van der Waals surface area contributed by atoms with Crippen LogP contribution >= 0.6 is 12.2 Å². The van der Waals surface area contributed by atoms with E-state index in [9.17, 15) is 0 Å². The van der Waals surface area contributed by atoms with E-state index in [-0.39, 0.29) is 0 Å². The SMILES string of the molecule is COc1ccc(NC(=S)N/N=C(\C)c2ccccn2)cc1. The number of methoxy groups -OCH3 is 1. The highest BCUT2D eigenvalue weighted by atomic mass is 32.1. The van der Waals surface area contributed by atoms with Crippen molar-refractivity contribution in [2.45, 2.75) is 6.92 Å². The van der Waals surface area contributed by atoms with E-state index in [0.717, 1.165) is 22.8 Å². The first-order valence-corrected chi connectivity index (χ1v) is 6.76. The summed E-state index contributed by atoms with van der Waals surface area (Å²) in [7, 11) is 1.63. The molecule has 1 aromatic heterocycles. The minimum Gasteiger partial charge on any atom is -0.497 e. The first-order chi connectivity index (χ1) is 10.2. The van der Waals surface area contributed by atoms with Gasteiger partial charge in [0.2, 0.25) is 0 Å². The van der Waals surface area contributed by atoms with Gasteiger partial charge in [-0.05, 0) is 55.5 Å². The van der Waals surface area contributed by atoms with E-state index in [1.807, 2.05) is 49.4 Å². The Morgan fingerprint density at radius 2 is 1.95 bits per heavy atom. The van der Waals surface area contributed by atoms with Crippen molar-refractivity contribution in [3.05, 3.63) is 54.4 Å². The molecule has 0 aliphatic rings. The van der Waals surface area contributed by atoms with Gasteiger partial charge in [-0.2, -0.15) is 5.10 Å². The van der Waals surface area contributed by atoms with Gasteiger partial charge in [0.15, 0.2) is 5.11 Å². The van der Waals surface area contributed by atoms with Crippen molar-refractivity contribution < 1.29 is 4.74 Å². The number of pyridine rings is 1. The topological polar surface area (TPSA) is 58.5 Å². The summed E-state index contributed by atoms with van der Waals surface area (Å²) in [5.41, 5.74) is 5.22. The number of benzene rings is 1. The fraction of sp³-hybridized carbons (Fsp3) is 0.133. The molecule has 1 aromatic carbocycles. The Balaban J connectivity index is 1.92. The van der Waals surface area contributed by atoms with Crippen molar-refractivity contribution in [1.82, 2.24) is 10.4 Å². The van der Waals surface area contributed by atoms with Gasteiger partial charge in [0.1, 0.15) is 5.75 Å². The van der Waals surface area contributed by atoms with Gasteiger partial charge in [0.25, 0.3) is 0 Å². The third kappa shape index (κ3) is 4.54. The van der Waals surface area contributed by atoms with Crippen molar-refractivity contribution in [2.24, 2.45) is 5.10 Å². The number of hydrogen-bond acceptors (Lipinski definition) is 4. The van der Waals surface area contributed by atoms with E-state index in [4.69, 9.17) is 17.0 Å². The zero-order valence-electron chi connectivity index (χ0n) is 11.8. The van der Waals surface area contributed by atoms with Crippen molar-refractivity contribution in [1.29, 1.82) is 0 Å². The number of nitrogens with zero attached hydrogens (tertiary/aromatic N) is 2. The molecule has 21 heavy (non-hydrogen) atoms. The lowest BCUT2D eigenvalue weighted by Crippen LogP contribution is -2.25. The van der Waals surface area contributed by atoms with E-state index in [1.165, 1.54) is 0 Å². The van der Waals surface area contributed by atoms with Crippen LogP contribution in [0.25, 0.3) is 0 Å². The van der Waals surface area contributed by atoms with E-state index in [2.05, 4.69) is 20.8 Å². The van der Waals surface area contributed by atoms with Crippen LogP contribution in [0.1, 0.15) is 12.6 Å². The molecule has 0 amide bonds. The smallest absolute Gasteiger partial charge is 0.191 e. The predicted octanol–water partition coefficient (Wildman–Crippen LogP) is 2.80. The Bertz CT molecular complexity index is 626. The number of hydrogen-bond donors (Lipinski definition) is 2. The van der Waals surface area contributed by atoms with Crippen LogP contribution in [-0.4, -0.2) is 22.9 Å². The summed E-state index contributed by atoms with van der Waals surface area (Å²) in [6.45, 7) is 1.87. The van der Waals surface area contributed by atoms with Crippen LogP contribution < -0.4 is 15.5 Å². The molecule has 2 aromatic rings. The Morgan fingerprint density at radius 3 is 2.57 bits per heavy atom. The number of anilines is 1. The minimum absolute atomic E-state index is 0.412. The summed E-state index contributed by atoms with van der Waals surface area (Å²) < 4.78 is 5.10. The zero-order chi connectivity index (χ0) is 15.1. The summed E-state index contributed by atoms with van der Waals surface area (Å²) in [5.74, 6) is 0.795. The lowest BCUT2D eigenvalue weighted by molar-refractivity contribution is 0.415. The molecule has 5 nitrogen and oxygen atoms in total. The van der Waals surface area contributed by atoms with E-state index in [1.54, 1.807) is 13.3 Å². The molecule has 0 unspecified atom stereocenters. The molecule has 0 spiro atoms. The van der Waals surface area contributed by atoms with Crippen molar-refractivity contribution in [2.75, 3.05) is 12.4 Å². The summed E-state index contributed by atoms with van der Waals surface area (Å²) >= 11 is 5.18. The fourth-order valence-electron chi connectivity index (χ4n) is 1.60. The van der Waals surface area contributed by atoms with E-state index >= 15 is 0 Å². The fourth-order valence-corrected chi connectivity index (χ4v) is 1.77. The quantitative estimate of drug-likeness (QED) is 0.516. The molecule has 2 rings (SSSR count). The number of ether oxygens (including phenoxy) is 1. The van der Waals surface area contributed by atoms with Gasteiger partial charge >= 0.3 is 0 Å². The molecule has 0 fully saturated rings. The molecule has 0 radical (unpaired) electrons. The molecule has 0 atom stereocenters. The second kappa shape index (κ2) is 7.35. The summed E-state index contributed by atoms with van der Waals surface area (Å²) in [6, 6.07) is 13.1. The summed E-state index contributed by atoms with van der Waals surface area (Å²) in [6.07, 6.45) is 1.72. The number of aromatic nitrogens is 1. The molecule has 1 heterocycles. The van der Waals surface area contributed by atoms with Crippen LogP contribution in [0.3, 0.4) is 0 Å². The maximum Gasteiger partial charge on any atom is 0.191 e. The van der Waals surface area contributed by atoms with Crippen LogP contribution in [0, 0.1) is 0 Å². The number of nitrogens with one attached hydrogen (secondary N) is 2. The monoisotopic (exact) mass is 300 g/mol. The highest BCUT2D eigenvalue weighted by Crippen LogP contribution is 2.14. The van der Waals surface area contributed by atoms with Crippen molar-refractivity contribution in [3.63, 3.8) is 0 Å². The molecule has 0 saturated heterocycles. The van der Waals surface area contributed by atoms with Crippen LogP contribution in [0.2, 0.25) is 0 Å². The average Bonchev–Trinajstić information content (AvgIpc) is 2.54. The molecule has 0 saturated carbocycles. The van der Waals surface area contributed by atoms with Gasteiger partial charge in [-0.3, -0.25) is 10.4 Å². The largest absolute Gasteiger partial charge is 0.497 e. The highest BCUT2D eigenvalue weighted by molar-refractivity contribution is 7.80. The van der Waals surface area contributed by atoms with Gasteiger partial charge in [-0.15, -0.1) is 0 Å². The first kappa shape index (κ1) is 14.9. The zero-order valence-corrected chi connectivity index (χ0v) is 12.6. The van der Waals surface area contributed by atoms with Gasteiger partial charge in [-0.1, -0.05) is 6.07 Å². The van der Waals surface area contributed by atoms with Crippen LogP contribution in [0.15, 0.2) is 53.8 Å². The molecular weight excluding hydrogens is 284 g/mol. The summed E-state index contributed by atoms with van der Waals surface area (Å²) in [4.78, 5) is 4.21. The molecular formula is C15H16N4OS. The molecule has 0 bridgehead atoms. The number of thiocarbonyl (C=S) groups is 1. The van der Waals surface area contributed by atoms with Gasteiger partial charge in [0.05, 0.1) is 18.5 Å². The second-order valence-electron chi connectivity index (χ2n) is 4.21. The molecule has 0 aliphatic carbocycles. The Kier molecular flexibility index (Phi) is 5.22. The Labute approximate surface area is 129 Å².